The van der Waals surface area contributed by atoms with Crippen molar-refractivity contribution in [1.29, 1.82) is 0 Å². The first-order chi connectivity index (χ1) is 60.5. The van der Waals surface area contributed by atoms with E-state index in [0.717, 1.165) is 83.5 Å². The molecule has 4 saturated heterocycles. The van der Waals surface area contributed by atoms with Crippen LogP contribution < -0.4 is 16.0 Å². The smallest absolute Gasteiger partial charge is 0.407 e. The number of methoxy groups -OCH3 is 2. The highest BCUT2D eigenvalue weighted by molar-refractivity contribution is 8.77. The number of rotatable bonds is 74. The maximum absolute atomic E-state index is 14.4. The Labute approximate surface area is 756 Å². The van der Waals surface area contributed by atoms with Crippen molar-refractivity contribution in [1.82, 2.24) is 20.9 Å². The quantitative estimate of drug-likeness (QED) is 0.0117. The fraction of sp³-hybridized carbons (Fsp3) is 0.901. The molecule has 4 amide bonds. The molecule has 0 aromatic heterocycles. The average Bonchev–Trinajstić information content (AvgIpc) is 1.16. The molecule has 0 aromatic rings. The summed E-state index contributed by atoms with van der Waals surface area (Å²) in [6.07, 6.45) is 11.2. The van der Waals surface area contributed by atoms with E-state index < -0.39 is 123 Å². The molecule has 16 unspecified atom stereocenters. The minimum Gasteiger partial charge on any atom is -0.466 e. The lowest BCUT2D eigenvalue weighted by molar-refractivity contribution is -0.282. The summed E-state index contributed by atoms with van der Waals surface area (Å²) in [6.45, 7) is 11.4. The monoisotopic (exact) mass is 1840 g/mol. The first-order valence-corrected chi connectivity index (χ1v) is 49.5. The maximum Gasteiger partial charge on any atom is 0.407 e. The molecule has 0 aliphatic carbocycles. The van der Waals surface area contributed by atoms with E-state index >= 15 is 0 Å². The Bertz CT molecular complexity index is 2910. The summed E-state index contributed by atoms with van der Waals surface area (Å²) >= 11 is 0. The van der Waals surface area contributed by atoms with Gasteiger partial charge in [-0.25, -0.2) is 4.79 Å². The fourth-order valence-electron chi connectivity index (χ4n) is 16.3. The summed E-state index contributed by atoms with van der Waals surface area (Å²) in [5, 5.41) is 98.4. The second-order valence-corrected chi connectivity index (χ2v) is 38.7. The summed E-state index contributed by atoms with van der Waals surface area (Å²) in [7, 11) is 6.54. The second-order valence-electron chi connectivity index (χ2n) is 35.6. The van der Waals surface area contributed by atoms with Gasteiger partial charge in [0, 0.05) is 139 Å². The van der Waals surface area contributed by atoms with Gasteiger partial charge < -0.3 is 119 Å². The molecule has 4 aliphatic heterocycles. The van der Waals surface area contributed by atoms with Crippen LogP contribution in [0.5, 0.6) is 0 Å². The van der Waals surface area contributed by atoms with Crippen molar-refractivity contribution in [2.75, 3.05) is 112 Å². The van der Waals surface area contributed by atoms with Crippen LogP contribution in [0, 0.1) is 23.2 Å². The number of amides is 4. The third kappa shape index (κ3) is 47.3. The van der Waals surface area contributed by atoms with Crippen molar-refractivity contribution in [2.24, 2.45) is 23.2 Å². The number of hydrogen-bond donors (Lipinski definition) is 12. The minimum absolute atomic E-state index is 0.0186. The predicted octanol–water partition coefficient (Wildman–Crippen LogP) is 9.03. The van der Waals surface area contributed by atoms with Gasteiger partial charge in [-0.3, -0.25) is 38.4 Å². The number of unbranched alkanes of at least 4 members (excludes halogenated alkanes) is 15. The van der Waals surface area contributed by atoms with Gasteiger partial charge in [0.1, 0.15) is 54.0 Å². The van der Waals surface area contributed by atoms with Crippen LogP contribution in [0.4, 0.5) is 4.79 Å². The summed E-state index contributed by atoms with van der Waals surface area (Å²) in [5.41, 5.74) is -0.556. The zero-order chi connectivity index (χ0) is 92.5. The van der Waals surface area contributed by atoms with Gasteiger partial charge in [0.05, 0.1) is 96.5 Å². The Morgan fingerprint density at radius 3 is 1.29 bits per heavy atom. The number of aliphatic hydroxyl groups excluding tert-OH is 9. The molecule has 0 radical (unpaired) electrons. The first kappa shape index (κ1) is 114. The van der Waals surface area contributed by atoms with Gasteiger partial charge in [-0.2, -0.15) is 0 Å². The lowest BCUT2D eigenvalue weighted by Crippen LogP contribution is -2.55. The Morgan fingerprint density at radius 1 is 0.413 bits per heavy atom. The molecule has 35 heteroatoms. The molecule has 0 aromatic carbocycles. The number of nitrogens with zero attached hydrogens (tertiary/aromatic N) is 1. The summed E-state index contributed by atoms with van der Waals surface area (Å²) < 4.78 is 61.9. The van der Waals surface area contributed by atoms with Gasteiger partial charge in [0.15, 0.2) is 18.9 Å². The zero-order valence-corrected chi connectivity index (χ0v) is 78.5. The number of esters is 2. The van der Waals surface area contributed by atoms with Crippen LogP contribution >= 0.6 is 21.6 Å². The van der Waals surface area contributed by atoms with Gasteiger partial charge in [0.25, 0.3) is 0 Å². The Hall–Kier alpha value is -4.35. The molecule has 33 nitrogen and oxygen atoms in total. The van der Waals surface area contributed by atoms with E-state index in [1.54, 1.807) is 56.6 Å². The van der Waals surface area contributed by atoms with Gasteiger partial charge in [0.2, 0.25) is 17.7 Å². The van der Waals surface area contributed by atoms with Gasteiger partial charge in [-0.1, -0.05) is 113 Å². The zero-order valence-electron chi connectivity index (χ0n) is 76.9. The highest BCUT2D eigenvalue weighted by Gasteiger charge is 2.46. The summed E-state index contributed by atoms with van der Waals surface area (Å²) in [6, 6.07) is -0.0212. The predicted molar refractivity (Wildman–Crippen MR) is 475 cm³/mol. The van der Waals surface area contributed by atoms with Crippen molar-refractivity contribution in [3.63, 3.8) is 0 Å². The number of hydrogen-bond acceptors (Lipinski definition) is 31. The lowest BCUT2D eigenvalue weighted by Gasteiger charge is -2.40. The van der Waals surface area contributed by atoms with E-state index in [0.29, 0.717) is 186 Å². The number of ether oxygens (including phenoxy) is 11. The van der Waals surface area contributed by atoms with E-state index in [4.69, 9.17) is 52.1 Å². The molecule has 0 saturated carbocycles. The summed E-state index contributed by atoms with van der Waals surface area (Å²) in [5.74, 6) is -1.44. The van der Waals surface area contributed by atoms with Crippen LogP contribution in [-0.2, 0) is 90.5 Å². The fourth-order valence-corrected chi connectivity index (χ4v) is 18.9. The Kier molecular flexibility index (Phi) is 60.5. The maximum atomic E-state index is 14.4. The standard InChI is InChI=1S/C91H162N4O29S2/c1-64-80(107)83(110)72(60-96)122-86(64)118-51-28-35-68(99)33-18-11-8-16-26-49-94-89(113)121-55-32-45-91(58-70(101)42-56-125-126-90(4,5)46-41-69(100)34-21-22-38-77(104)95-59-71(115-7)57-67(95)63-114-6,44-31-54-117-79(106)40-20-13-10-15-25-48-93-76(103)37-30-53-120-88-66(3)82(109)85(112)74(62-98)124-88)43-23-17-27-50-116-78(105)39-19-12-9-14-24-47-92-75(102)36-29-52-119-87-65(2)81(108)84(111)73(61-97)123-87/h64-67,71-74,80-88,96-98,107-112H,8-63H2,1-7H3,(H,92,102)(H,93,103)(H,94,113)/t64?,65?,66?,67-,71+,72?,73?,74?,80?,81?,82?,83?,84?,85?,86?,87?,88?,91?/m1/s1. The Morgan fingerprint density at radius 2 is 0.810 bits per heavy atom. The van der Waals surface area contributed by atoms with Crippen LogP contribution in [0.2, 0.25) is 0 Å². The van der Waals surface area contributed by atoms with Crippen molar-refractivity contribution in [3.8, 4) is 0 Å². The number of nitrogens with one attached hydrogen (secondary N) is 3. The molecule has 4 heterocycles. The second kappa shape index (κ2) is 66.9. The third-order valence-corrected chi connectivity index (χ3v) is 27.7. The van der Waals surface area contributed by atoms with E-state index in [2.05, 4.69) is 29.8 Å². The average molecular weight is 1840 g/mol. The van der Waals surface area contributed by atoms with Gasteiger partial charge in [-0.15, -0.1) is 0 Å². The highest BCUT2D eigenvalue weighted by atomic mass is 33.1. The SMILES string of the molecule is COC[C@H]1C[C@H](OC)CN1C(=O)CCCCC(=O)CCC(C)(C)SSCCC(=O)CC(CCCCCOC(=O)CCCCCCCNC(=O)CCCOC1OC(CO)C(O)C(O)C1C)(CCCOC(=O)CCCCCCCNC(=O)CCCOC1OC(CO)C(O)C(O)C1C)CCCOC(=O)NCCCCCCCC(=O)CCCOC1OC(CO)C(O)C(O)C1C. The van der Waals surface area contributed by atoms with E-state index in [1.165, 1.54) is 0 Å². The molecule has 4 rings (SSSR count). The number of alkyl carbamates (subject to hydrolysis) is 1. The molecule has 18 atom stereocenters. The topological polar surface area (TPSA) is 477 Å². The molecule has 0 bridgehead atoms. The van der Waals surface area contributed by atoms with Crippen molar-refractivity contribution >= 4 is 74.7 Å². The van der Waals surface area contributed by atoms with E-state index in [9.17, 15) is 89.1 Å². The molecule has 126 heavy (non-hydrogen) atoms. The van der Waals surface area contributed by atoms with Crippen LogP contribution in [0.3, 0.4) is 0 Å². The number of ketones is 3. The van der Waals surface area contributed by atoms with Crippen LogP contribution in [0.15, 0.2) is 0 Å². The Balaban J connectivity index is 1.27. The highest BCUT2D eigenvalue weighted by Crippen LogP contribution is 2.43. The molecular weight excluding hydrogens is 1680 g/mol. The number of aliphatic hydroxyl groups is 9. The molecule has 4 aliphatic rings. The molecular formula is C91H162N4O29S2. The van der Waals surface area contributed by atoms with Crippen LogP contribution in [0.1, 0.15) is 298 Å². The van der Waals surface area contributed by atoms with E-state index in [-0.39, 0.29) is 136 Å². The van der Waals surface area contributed by atoms with Crippen molar-refractivity contribution in [3.05, 3.63) is 0 Å². The molecule has 732 valence electrons. The normalized spacial score (nSPS) is 25.0. The molecule has 4 fully saturated rings. The number of carbonyl (C=O) groups excluding carboxylic acids is 9. The van der Waals surface area contributed by atoms with Crippen LogP contribution in [-0.4, -0.2) is 307 Å². The summed E-state index contributed by atoms with van der Waals surface area (Å²) in [4.78, 5) is 119. The number of Topliss-reactive ketones (excluding diaryl/α,β-unsaturated/α-hetero) is 3. The van der Waals surface area contributed by atoms with E-state index in [1.807, 2.05) is 4.90 Å². The first-order valence-electron chi connectivity index (χ1n) is 47.2. The lowest BCUT2D eigenvalue weighted by atomic mass is 9.71. The number of carbonyl (C=O) groups is 9. The van der Waals surface area contributed by atoms with Gasteiger partial charge in [-0.05, 0) is 141 Å². The van der Waals surface area contributed by atoms with Crippen molar-refractivity contribution in [2.45, 2.75) is 389 Å². The van der Waals surface area contributed by atoms with Gasteiger partial charge >= 0.3 is 18.0 Å². The minimum atomic E-state index is -1.22. The third-order valence-electron chi connectivity index (χ3n) is 24.4. The largest absolute Gasteiger partial charge is 0.466 e. The number of likely N-dealkylation sites (tertiary alicyclic amines) is 1. The molecule has 12 N–H and O–H groups in total. The van der Waals surface area contributed by atoms with Crippen molar-refractivity contribution < 1.29 is 141 Å². The molecule has 0 spiro atoms. The van der Waals surface area contributed by atoms with Crippen LogP contribution in [0.25, 0.3) is 0 Å².